The summed E-state index contributed by atoms with van der Waals surface area (Å²) in [5.41, 5.74) is 4.85. The molecule has 0 bridgehead atoms. The first-order chi connectivity index (χ1) is 22.2. The van der Waals surface area contributed by atoms with Crippen LogP contribution in [0.25, 0.3) is 54.6 Å². The van der Waals surface area contributed by atoms with Crippen LogP contribution in [-0.2, 0) is 4.57 Å². The molecule has 0 fully saturated rings. The van der Waals surface area contributed by atoms with Crippen LogP contribution in [0.1, 0.15) is 0 Å². The second-order valence-electron chi connectivity index (χ2n) is 11.6. The summed E-state index contributed by atoms with van der Waals surface area (Å²) < 4.78 is 15.2. The third-order valence-corrected chi connectivity index (χ3v) is 13.7. The van der Waals surface area contributed by atoms with E-state index in [2.05, 4.69) is 115 Å². The van der Waals surface area contributed by atoms with Crippen LogP contribution in [0.2, 0.25) is 0 Å². The van der Waals surface area contributed by atoms with Gasteiger partial charge in [0.05, 0.1) is 0 Å². The number of rotatable bonds is 3. The van der Waals surface area contributed by atoms with Crippen molar-refractivity contribution >= 4 is 67.1 Å². The minimum atomic E-state index is -3.05. The number of hydrogen-bond acceptors (Lipinski definition) is 2. The maximum atomic E-state index is 15.2. The maximum Gasteiger partial charge on any atom is 0.173 e. The van der Waals surface area contributed by atoms with E-state index in [1.54, 1.807) is 11.8 Å². The number of benzene rings is 8. The van der Waals surface area contributed by atoms with Gasteiger partial charge in [0.25, 0.3) is 0 Å². The average Bonchev–Trinajstić information content (AvgIpc) is 3.10. The molecule has 3 heteroatoms. The molecule has 1 unspecified atom stereocenters. The van der Waals surface area contributed by atoms with Crippen molar-refractivity contribution in [3.63, 3.8) is 0 Å². The van der Waals surface area contributed by atoms with Crippen molar-refractivity contribution < 1.29 is 4.57 Å². The molecule has 1 atom stereocenters. The Morgan fingerprint density at radius 2 is 0.978 bits per heavy atom. The van der Waals surface area contributed by atoms with Crippen LogP contribution in [0.3, 0.4) is 0 Å². The first-order valence-electron chi connectivity index (χ1n) is 15.2. The van der Waals surface area contributed by atoms with E-state index in [9.17, 15) is 0 Å². The zero-order chi connectivity index (χ0) is 30.0. The summed E-state index contributed by atoms with van der Waals surface area (Å²) in [6.07, 6.45) is 0. The molecule has 212 valence electrons. The monoisotopic (exact) mass is 610 g/mol. The Balaban J connectivity index is 1.33. The predicted octanol–water partition coefficient (Wildman–Crippen LogP) is 10.6. The van der Waals surface area contributed by atoms with E-state index in [-0.39, 0.29) is 0 Å². The summed E-state index contributed by atoms with van der Waals surface area (Å²) in [5, 5.41) is 10.1. The Bertz CT molecular complexity index is 2440. The highest BCUT2D eigenvalue weighted by atomic mass is 32.2. The zero-order valence-electron chi connectivity index (χ0n) is 24.4. The fraction of sp³-hybridized carbons (Fsp3) is 0. The Hall–Kier alpha value is -4.88. The van der Waals surface area contributed by atoms with E-state index in [1.807, 2.05) is 48.5 Å². The lowest BCUT2D eigenvalue weighted by Crippen LogP contribution is -2.30. The van der Waals surface area contributed by atoms with Gasteiger partial charge in [-0.1, -0.05) is 151 Å². The Labute approximate surface area is 266 Å². The highest BCUT2D eigenvalue weighted by Crippen LogP contribution is 2.53. The van der Waals surface area contributed by atoms with Gasteiger partial charge in [-0.3, -0.25) is 0 Å². The first kappa shape index (κ1) is 26.5. The van der Waals surface area contributed by atoms with Gasteiger partial charge in [0.1, 0.15) is 0 Å². The van der Waals surface area contributed by atoms with Gasteiger partial charge in [-0.05, 0) is 78.8 Å². The number of hydrogen-bond donors (Lipinski definition) is 0. The molecule has 0 saturated heterocycles. The molecule has 1 nitrogen and oxygen atoms in total. The van der Waals surface area contributed by atoms with E-state index >= 15 is 4.57 Å². The molecule has 8 aromatic carbocycles. The molecular formula is C42H27OPS. The second-order valence-corrected chi connectivity index (χ2v) is 15.3. The van der Waals surface area contributed by atoms with Gasteiger partial charge < -0.3 is 4.57 Å². The van der Waals surface area contributed by atoms with Gasteiger partial charge in [-0.25, -0.2) is 0 Å². The fourth-order valence-corrected chi connectivity index (χ4v) is 11.9. The topological polar surface area (TPSA) is 17.1 Å². The first-order valence-corrected chi connectivity index (χ1v) is 17.7. The molecule has 8 aromatic rings. The molecule has 1 aliphatic heterocycles. The van der Waals surface area contributed by atoms with Crippen molar-refractivity contribution in [2.24, 2.45) is 0 Å². The molecule has 0 radical (unpaired) electrons. The third kappa shape index (κ3) is 4.00. The van der Waals surface area contributed by atoms with Gasteiger partial charge >= 0.3 is 0 Å². The molecule has 9 rings (SSSR count). The molecule has 0 amide bonds. The maximum absolute atomic E-state index is 15.2. The van der Waals surface area contributed by atoms with Crippen molar-refractivity contribution in [3.8, 4) is 22.3 Å². The van der Waals surface area contributed by atoms with Gasteiger partial charge in [0.15, 0.2) is 7.14 Å². The number of fused-ring (bicyclic) bond motifs is 5. The second kappa shape index (κ2) is 10.3. The molecule has 0 saturated carbocycles. The van der Waals surface area contributed by atoms with E-state index in [0.29, 0.717) is 0 Å². The highest BCUT2D eigenvalue weighted by molar-refractivity contribution is 8.02. The lowest BCUT2D eigenvalue weighted by atomic mass is 9.85. The molecule has 0 spiro atoms. The molecule has 0 aliphatic carbocycles. The van der Waals surface area contributed by atoms with Crippen LogP contribution in [0, 0.1) is 0 Å². The minimum Gasteiger partial charge on any atom is -0.309 e. The lowest BCUT2D eigenvalue weighted by molar-refractivity contribution is 0.591. The van der Waals surface area contributed by atoms with E-state index < -0.39 is 7.14 Å². The van der Waals surface area contributed by atoms with E-state index in [4.69, 9.17) is 0 Å². The van der Waals surface area contributed by atoms with Gasteiger partial charge in [-0.15, -0.1) is 0 Å². The quantitative estimate of drug-likeness (QED) is 0.146. The Kier molecular flexibility index (Phi) is 6.10. The summed E-state index contributed by atoms with van der Waals surface area (Å²) in [6.45, 7) is 0. The molecule has 45 heavy (non-hydrogen) atoms. The Morgan fingerprint density at radius 3 is 1.71 bits per heavy atom. The van der Waals surface area contributed by atoms with Crippen molar-refractivity contribution in [2.75, 3.05) is 0 Å². The summed E-state index contributed by atoms with van der Waals surface area (Å²) in [4.78, 5) is 2.13. The molecule has 1 aliphatic rings. The Morgan fingerprint density at radius 1 is 0.422 bits per heavy atom. The third-order valence-electron chi connectivity index (χ3n) is 9.12. The van der Waals surface area contributed by atoms with E-state index in [0.717, 1.165) is 31.3 Å². The predicted molar refractivity (Wildman–Crippen MR) is 193 cm³/mol. The van der Waals surface area contributed by atoms with Crippen molar-refractivity contribution in [1.29, 1.82) is 0 Å². The van der Waals surface area contributed by atoms with Crippen molar-refractivity contribution in [1.82, 2.24) is 0 Å². The van der Waals surface area contributed by atoms with Crippen molar-refractivity contribution in [2.45, 2.75) is 9.79 Å². The fourth-order valence-electron chi connectivity index (χ4n) is 7.15. The zero-order valence-corrected chi connectivity index (χ0v) is 26.1. The summed E-state index contributed by atoms with van der Waals surface area (Å²) >= 11 is 1.73. The smallest absolute Gasteiger partial charge is 0.173 e. The summed E-state index contributed by atoms with van der Waals surface area (Å²) in [6, 6.07) is 57.6. The summed E-state index contributed by atoms with van der Waals surface area (Å²) in [5.74, 6) is 0. The van der Waals surface area contributed by atoms with Crippen LogP contribution in [0.4, 0.5) is 0 Å². The van der Waals surface area contributed by atoms with Crippen molar-refractivity contribution in [3.05, 3.63) is 164 Å². The van der Waals surface area contributed by atoms with Crippen LogP contribution in [0.5, 0.6) is 0 Å². The SMILES string of the molecule is O=P1(c2ccccc2)c2ccccc2Sc2cc(-c3c4ccccc4c(-c4cccc5ccccc45)c4ccccc34)ccc21. The molecule has 1 heterocycles. The largest absolute Gasteiger partial charge is 0.309 e. The van der Waals surface area contributed by atoms with Gasteiger partial charge in [-0.2, -0.15) is 0 Å². The van der Waals surface area contributed by atoms with Gasteiger partial charge in [0, 0.05) is 25.7 Å². The lowest BCUT2D eigenvalue weighted by Gasteiger charge is -2.29. The average molecular weight is 611 g/mol. The summed E-state index contributed by atoms with van der Waals surface area (Å²) in [7, 11) is -3.05. The molecule has 0 aromatic heterocycles. The van der Waals surface area contributed by atoms with Crippen LogP contribution >= 0.6 is 18.9 Å². The molecular weight excluding hydrogens is 584 g/mol. The highest BCUT2D eigenvalue weighted by Gasteiger charge is 2.38. The minimum absolute atomic E-state index is 0.877. The normalized spacial score (nSPS) is 15.6. The standard InChI is InChI=1S/C42H27OPS/c43-44(30-15-2-1-3-16-30)37-23-10-11-24-39(37)45-40-27-29(25-26-38(40)44)41-33-18-6-8-20-35(33)42(36-21-9-7-19-34(36)41)32-22-12-14-28-13-4-5-17-31(28)32/h1-27H. The van der Waals surface area contributed by atoms with Crippen LogP contribution in [0.15, 0.2) is 174 Å². The van der Waals surface area contributed by atoms with Crippen LogP contribution < -0.4 is 15.9 Å². The van der Waals surface area contributed by atoms with Gasteiger partial charge in [0.2, 0.25) is 0 Å². The molecule has 0 N–H and O–H groups in total. The van der Waals surface area contributed by atoms with Crippen LogP contribution in [-0.4, -0.2) is 0 Å². The van der Waals surface area contributed by atoms with E-state index in [1.165, 1.54) is 49.0 Å².